The Hall–Kier alpha value is -1.04. The summed E-state index contributed by atoms with van der Waals surface area (Å²) < 4.78 is 0. The van der Waals surface area contributed by atoms with Gasteiger partial charge in [-0.25, -0.2) is 0 Å². The molecule has 0 amide bonds. The molecule has 0 saturated carbocycles. The first kappa shape index (κ1) is 10.0. The molecule has 0 nitrogen and oxygen atoms in total. The lowest BCUT2D eigenvalue weighted by Crippen LogP contribution is -1.83. The van der Waals surface area contributed by atoms with Gasteiger partial charge in [-0.3, -0.25) is 0 Å². The van der Waals surface area contributed by atoms with E-state index in [9.17, 15) is 0 Å². The maximum absolute atomic E-state index is 5.94. The summed E-state index contributed by atoms with van der Waals surface area (Å²) >= 11 is 0. The monoisotopic (exact) mass is 172 g/mol. The van der Waals surface area contributed by atoms with Crippen LogP contribution in [0.2, 0.25) is 0 Å². The van der Waals surface area contributed by atoms with Crippen LogP contribution in [-0.2, 0) is 0 Å². The van der Waals surface area contributed by atoms with Gasteiger partial charge in [-0.1, -0.05) is 50.6 Å². The fourth-order valence-corrected chi connectivity index (χ4v) is 1.31. The first-order valence-electron chi connectivity index (χ1n) is 4.92. The molecule has 1 aromatic rings. The second-order valence-electron chi connectivity index (χ2n) is 3.27. The Morgan fingerprint density at radius 1 is 1.31 bits per heavy atom. The van der Waals surface area contributed by atoms with E-state index >= 15 is 0 Å². The summed E-state index contributed by atoms with van der Waals surface area (Å²) in [6.45, 7) is 8.14. The molecule has 0 fully saturated rings. The van der Waals surface area contributed by atoms with Crippen LogP contribution in [0.4, 0.5) is 0 Å². The number of benzene rings is 1. The molecule has 0 unspecified atom stereocenters. The van der Waals surface area contributed by atoms with Gasteiger partial charge in [0.05, 0.1) is 0 Å². The van der Waals surface area contributed by atoms with Gasteiger partial charge in [-0.05, 0) is 30.0 Å². The van der Waals surface area contributed by atoms with Gasteiger partial charge in [0.1, 0.15) is 0 Å². The van der Waals surface area contributed by atoms with Gasteiger partial charge in [0, 0.05) is 0 Å². The van der Waals surface area contributed by atoms with Crippen LogP contribution in [0.3, 0.4) is 0 Å². The van der Waals surface area contributed by atoms with Gasteiger partial charge < -0.3 is 0 Å². The average Bonchev–Trinajstić information content (AvgIpc) is 2.19. The highest BCUT2D eigenvalue weighted by atomic mass is 14.0. The fraction of sp³-hybridized carbons (Fsp3) is 0.385. The summed E-state index contributed by atoms with van der Waals surface area (Å²) in [5.74, 6) is 0. The highest BCUT2D eigenvalue weighted by molar-refractivity contribution is 5.61. The van der Waals surface area contributed by atoms with Gasteiger partial charge in [0.2, 0.25) is 0 Å². The van der Waals surface area contributed by atoms with Crippen LogP contribution in [0.5, 0.6) is 0 Å². The number of hydrogen-bond acceptors (Lipinski definition) is 0. The van der Waals surface area contributed by atoms with E-state index in [4.69, 9.17) is 6.58 Å². The van der Waals surface area contributed by atoms with Crippen molar-refractivity contribution in [1.82, 2.24) is 0 Å². The molecular formula is C13H16. The third-order valence-corrected chi connectivity index (χ3v) is 2.14. The van der Waals surface area contributed by atoms with Crippen molar-refractivity contribution in [2.75, 3.05) is 0 Å². The molecular weight excluding hydrogens is 156 g/mol. The van der Waals surface area contributed by atoms with Crippen LogP contribution in [0.25, 0.3) is 5.57 Å². The number of unbranched alkanes of at least 4 members (excludes halogenated alkanes) is 2. The Kier molecular flexibility index (Phi) is 4.31. The first-order valence-corrected chi connectivity index (χ1v) is 4.92. The van der Waals surface area contributed by atoms with Crippen LogP contribution in [0.15, 0.2) is 24.3 Å². The lowest BCUT2D eigenvalue weighted by atomic mass is 10.0. The summed E-state index contributed by atoms with van der Waals surface area (Å²) in [6, 6.07) is 10.8. The van der Waals surface area contributed by atoms with Crippen LogP contribution in [0, 0.1) is 12.6 Å². The molecule has 13 heavy (non-hydrogen) atoms. The first-order chi connectivity index (χ1) is 6.34. The van der Waals surface area contributed by atoms with Crippen LogP contribution < -0.4 is 0 Å². The summed E-state index contributed by atoms with van der Waals surface area (Å²) in [5, 5.41) is 0. The minimum atomic E-state index is 1.00. The van der Waals surface area contributed by atoms with Crippen molar-refractivity contribution in [3.8, 4) is 0 Å². The van der Waals surface area contributed by atoms with E-state index in [-0.39, 0.29) is 0 Å². The van der Waals surface area contributed by atoms with Crippen molar-refractivity contribution in [3.63, 3.8) is 0 Å². The lowest BCUT2D eigenvalue weighted by molar-refractivity contribution is 0.735. The smallest absolute Gasteiger partial charge is 0.0184 e. The summed E-state index contributed by atoms with van der Waals surface area (Å²) in [4.78, 5) is 0. The van der Waals surface area contributed by atoms with Crippen molar-refractivity contribution in [2.24, 2.45) is 0 Å². The fourth-order valence-electron chi connectivity index (χ4n) is 1.31. The second-order valence-corrected chi connectivity index (χ2v) is 3.27. The van der Waals surface area contributed by atoms with E-state index in [0.29, 0.717) is 0 Å². The molecule has 0 aliphatic rings. The Balaban J connectivity index is 2.40. The Morgan fingerprint density at radius 2 is 2.00 bits per heavy atom. The van der Waals surface area contributed by atoms with Gasteiger partial charge in [0.15, 0.2) is 0 Å². The van der Waals surface area contributed by atoms with Crippen molar-refractivity contribution < 1.29 is 0 Å². The summed E-state index contributed by atoms with van der Waals surface area (Å²) in [7, 11) is 0. The van der Waals surface area contributed by atoms with Gasteiger partial charge in [-0.2, -0.15) is 0 Å². The quantitative estimate of drug-likeness (QED) is 0.591. The van der Waals surface area contributed by atoms with Crippen LogP contribution in [0.1, 0.15) is 38.2 Å². The largest absolute Gasteiger partial charge is 0.0654 e. The molecule has 0 aromatic heterocycles. The van der Waals surface area contributed by atoms with Crippen molar-refractivity contribution >= 4 is 5.57 Å². The molecule has 2 radical (unpaired) electrons. The maximum atomic E-state index is 5.94. The van der Waals surface area contributed by atoms with E-state index < -0.39 is 0 Å². The zero-order valence-electron chi connectivity index (χ0n) is 8.22. The van der Waals surface area contributed by atoms with E-state index in [0.717, 1.165) is 17.6 Å². The molecule has 0 heteroatoms. The topological polar surface area (TPSA) is 0 Å². The molecule has 0 bridgehead atoms. The molecule has 0 aliphatic heterocycles. The van der Waals surface area contributed by atoms with E-state index in [1.165, 1.54) is 19.3 Å². The maximum Gasteiger partial charge on any atom is -0.0184 e. The van der Waals surface area contributed by atoms with Crippen molar-refractivity contribution in [1.29, 1.82) is 0 Å². The van der Waals surface area contributed by atoms with E-state index in [1.54, 1.807) is 0 Å². The molecule has 0 atom stereocenters. The van der Waals surface area contributed by atoms with E-state index in [1.807, 2.05) is 24.3 Å². The third-order valence-electron chi connectivity index (χ3n) is 2.14. The van der Waals surface area contributed by atoms with E-state index in [2.05, 4.69) is 13.0 Å². The zero-order valence-corrected chi connectivity index (χ0v) is 8.22. The molecule has 0 saturated heterocycles. The molecule has 0 aliphatic carbocycles. The normalized spacial score (nSPS) is 9.92. The standard InChI is InChI=1S/C13H16/c1-3-4-6-9-12(2)13-10-7-5-8-11-13/h2,7-8,10-11H,3-4,6,9H2,1H3. The van der Waals surface area contributed by atoms with Gasteiger partial charge in [-0.15, -0.1) is 0 Å². The van der Waals surface area contributed by atoms with Gasteiger partial charge in [0.25, 0.3) is 0 Å². The Morgan fingerprint density at radius 3 is 2.62 bits per heavy atom. The second kappa shape index (κ2) is 5.58. The molecule has 0 heterocycles. The van der Waals surface area contributed by atoms with Crippen molar-refractivity contribution in [3.05, 3.63) is 42.5 Å². The van der Waals surface area contributed by atoms with Crippen LogP contribution >= 0.6 is 0 Å². The van der Waals surface area contributed by atoms with Gasteiger partial charge >= 0.3 is 0 Å². The number of hydrogen-bond donors (Lipinski definition) is 0. The SMILES string of the molecule is [CH]=C(CCCCC)c1cc[c]cc1. The minimum absolute atomic E-state index is 1.00. The Labute approximate surface area is 81.3 Å². The predicted molar refractivity (Wildman–Crippen MR) is 57.1 cm³/mol. The summed E-state index contributed by atoms with van der Waals surface area (Å²) in [5.41, 5.74) is 2.15. The van der Waals surface area contributed by atoms with Crippen LogP contribution in [-0.4, -0.2) is 0 Å². The number of allylic oxidation sites excluding steroid dienone is 1. The highest BCUT2D eigenvalue weighted by Gasteiger charge is 1.96. The molecule has 1 rings (SSSR count). The Bertz CT molecular complexity index is 246. The molecule has 0 N–H and O–H groups in total. The predicted octanol–water partition coefficient (Wildman–Crippen LogP) is 3.88. The molecule has 1 aromatic carbocycles. The molecule has 68 valence electrons. The average molecular weight is 172 g/mol. The summed E-state index contributed by atoms with van der Waals surface area (Å²) in [6.07, 6.45) is 4.72. The minimum Gasteiger partial charge on any atom is -0.0654 e. The highest BCUT2D eigenvalue weighted by Crippen LogP contribution is 2.17. The molecule has 0 spiro atoms. The number of rotatable bonds is 5. The zero-order chi connectivity index (χ0) is 9.52. The lowest BCUT2D eigenvalue weighted by Gasteiger charge is -2.03. The van der Waals surface area contributed by atoms with Crippen molar-refractivity contribution in [2.45, 2.75) is 32.6 Å². The third kappa shape index (κ3) is 3.45.